The second kappa shape index (κ2) is 5.67. The van der Waals surface area contributed by atoms with Gasteiger partial charge in [0.25, 0.3) is 0 Å². The molecule has 88 valence electrons. The predicted molar refractivity (Wildman–Crippen MR) is 69.1 cm³/mol. The lowest BCUT2D eigenvalue weighted by molar-refractivity contribution is 0.232. The molecule has 1 saturated heterocycles. The molecule has 0 aliphatic carbocycles. The van der Waals surface area contributed by atoms with Crippen LogP contribution in [0.25, 0.3) is 0 Å². The normalized spacial score (nSPS) is 22.2. The molecule has 1 fully saturated rings. The molecule has 2 rings (SSSR count). The maximum absolute atomic E-state index is 5.97. The Morgan fingerprint density at radius 2 is 2.38 bits per heavy atom. The highest BCUT2D eigenvalue weighted by atomic mass is 35.5. The molecule has 16 heavy (non-hydrogen) atoms. The Kier molecular flexibility index (Phi) is 4.22. The summed E-state index contributed by atoms with van der Waals surface area (Å²) in [4.78, 5) is 2.39. The summed E-state index contributed by atoms with van der Waals surface area (Å²) < 4.78 is 0. The van der Waals surface area contributed by atoms with Crippen LogP contribution in [-0.2, 0) is 6.42 Å². The van der Waals surface area contributed by atoms with E-state index in [0.717, 1.165) is 31.1 Å². The van der Waals surface area contributed by atoms with Crippen LogP contribution in [0.15, 0.2) is 24.3 Å². The van der Waals surface area contributed by atoms with Crippen LogP contribution in [0.4, 0.5) is 0 Å². The van der Waals surface area contributed by atoms with Gasteiger partial charge in [0, 0.05) is 30.7 Å². The van der Waals surface area contributed by atoms with Crippen LogP contribution >= 0.6 is 11.6 Å². The van der Waals surface area contributed by atoms with Crippen molar-refractivity contribution < 1.29 is 0 Å². The molecule has 1 heterocycles. The quantitative estimate of drug-likeness (QED) is 0.869. The highest BCUT2D eigenvalue weighted by Gasteiger charge is 2.15. The Bertz CT molecular complexity index is 340. The summed E-state index contributed by atoms with van der Waals surface area (Å²) in [6.45, 7) is 3.42. The molecule has 1 N–H and O–H groups in total. The molecule has 1 unspecified atom stereocenters. The molecular formula is C13H19ClN2. The number of aryl methyl sites for hydroxylation is 1. The van der Waals surface area contributed by atoms with Gasteiger partial charge in [0.15, 0.2) is 0 Å². The first-order chi connectivity index (χ1) is 7.74. The Labute approximate surface area is 103 Å². The lowest BCUT2D eigenvalue weighted by Gasteiger charge is -2.30. The van der Waals surface area contributed by atoms with Crippen molar-refractivity contribution in [2.24, 2.45) is 0 Å². The zero-order chi connectivity index (χ0) is 11.4. The third-order valence-electron chi connectivity index (χ3n) is 3.13. The number of piperazine rings is 1. The maximum Gasteiger partial charge on any atom is 0.0408 e. The van der Waals surface area contributed by atoms with Gasteiger partial charge < -0.3 is 10.2 Å². The van der Waals surface area contributed by atoms with Gasteiger partial charge >= 0.3 is 0 Å². The molecule has 0 aromatic heterocycles. The molecule has 1 aliphatic heterocycles. The van der Waals surface area contributed by atoms with Crippen molar-refractivity contribution in [3.05, 3.63) is 34.9 Å². The standard InChI is InChI=1S/C13H19ClN2/c1-16-8-7-15-13(10-16)6-5-11-3-2-4-12(14)9-11/h2-4,9,13,15H,5-8,10H2,1H3. The van der Waals surface area contributed by atoms with E-state index in [1.165, 1.54) is 12.0 Å². The van der Waals surface area contributed by atoms with Gasteiger partial charge in [-0.1, -0.05) is 23.7 Å². The van der Waals surface area contributed by atoms with Crippen molar-refractivity contribution >= 4 is 11.6 Å². The summed E-state index contributed by atoms with van der Waals surface area (Å²) in [7, 11) is 2.19. The van der Waals surface area contributed by atoms with Gasteiger partial charge in [0.1, 0.15) is 0 Å². The van der Waals surface area contributed by atoms with Crippen molar-refractivity contribution in [3.63, 3.8) is 0 Å². The van der Waals surface area contributed by atoms with Gasteiger partial charge in [-0.25, -0.2) is 0 Å². The fourth-order valence-electron chi connectivity index (χ4n) is 2.22. The fraction of sp³-hybridized carbons (Fsp3) is 0.538. The van der Waals surface area contributed by atoms with Gasteiger partial charge in [-0.05, 0) is 37.6 Å². The molecule has 1 aliphatic rings. The first kappa shape index (κ1) is 11.9. The van der Waals surface area contributed by atoms with Crippen molar-refractivity contribution in [2.75, 3.05) is 26.7 Å². The van der Waals surface area contributed by atoms with Gasteiger partial charge in [-0.2, -0.15) is 0 Å². The fourth-order valence-corrected chi connectivity index (χ4v) is 2.43. The molecular weight excluding hydrogens is 220 g/mol. The largest absolute Gasteiger partial charge is 0.311 e. The molecule has 0 amide bonds. The highest BCUT2D eigenvalue weighted by molar-refractivity contribution is 6.30. The highest BCUT2D eigenvalue weighted by Crippen LogP contribution is 2.13. The third-order valence-corrected chi connectivity index (χ3v) is 3.36. The van der Waals surface area contributed by atoms with Crippen molar-refractivity contribution in [1.29, 1.82) is 0 Å². The number of nitrogens with zero attached hydrogens (tertiary/aromatic N) is 1. The minimum atomic E-state index is 0.623. The van der Waals surface area contributed by atoms with E-state index in [1.54, 1.807) is 0 Å². The topological polar surface area (TPSA) is 15.3 Å². The van der Waals surface area contributed by atoms with Gasteiger partial charge in [0.2, 0.25) is 0 Å². The Hall–Kier alpha value is -0.570. The average molecular weight is 239 g/mol. The van der Waals surface area contributed by atoms with Gasteiger partial charge in [-0.3, -0.25) is 0 Å². The van der Waals surface area contributed by atoms with E-state index in [2.05, 4.69) is 29.4 Å². The van der Waals surface area contributed by atoms with E-state index in [0.29, 0.717) is 6.04 Å². The van der Waals surface area contributed by atoms with E-state index in [9.17, 15) is 0 Å². The predicted octanol–water partition coefficient (Wildman–Crippen LogP) is 2.18. The molecule has 1 atom stereocenters. The molecule has 0 saturated carbocycles. The second-order valence-corrected chi connectivity index (χ2v) is 5.02. The summed E-state index contributed by atoms with van der Waals surface area (Å²) in [6.07, 6.45) is 2.29. The molecule has 0 spiro atoms. The van der Waals surface area contributed by atoms with E-state index in [-0.39, 0.29) is 0 Å². The van der Waals surface area contributed by atoms with E-state index in [4.69, 9.17) is 11.6 Å². The lowest BCUT2D eigenvalue weighted by Crippen LogP contribution is -2.49. The summed E-state index contributed by atoms with van der Waals surface area (Å²) in [5, 5.41) is 4.40. The number of nitrogens with one attached hydrogen (secondary N) is 1. The van der Waals surface area contributed by atoms with Crippen LogP contribution < -0.4 is 5.32 Å². The van der Waals surface area contributed by atoms with E-state index < -0.39 is 0 Å². The summed E-state index contributed by atoms with van der Waals surface area (Å²) in [5.41, 5.74) is 1.34. The summed E-state index contributed by atoms with van der Waals surface area (Å²) in [6, 6.07) is 8.79. The maximum atomic E-state index is 5.97. The number of benzene rings is 1. The molecule has 3 heteroatoms. The lowest BCUT2D eigenvalue weighted by atomic mass is 10.0. The average Bonchev–Trinajstić information content (AvgIpc) is 2.27. The Morgan fingerprint density at radius 1 is 1.50 bits per heavy atom. The number of likely N-dealkylation sites (N-methyl/N-ethyl adjacent to an activating group) is 1. The second-order valence-electron chi connectivity index (χ2n) is 4.58. The number of hydrogen-bond acceptors (Lipinski definition) is 2. The minimum Gasteiger partial charge on any atom is -0.311 e. The van der Waals surface area contributed by atoms with Crippen molar-refractivity contribution in [3.8, 4) is 0 Å². The zero-order valence-electron chi connectivity index (χ0n) is 9.75. The van der Waals surface area contributed by atoms with Gasteiger partial charge in [0.05, 0.1) is 0 Å². The molecule has 1 aromatic carbocycles. The van der Waals surface area contributed by atoms with Crippen LogP contribution in [0.2, 0.25) is 5.02 Å². The molecule has 1 aromatic rings. The van der Waals surface area contributed by atoms with Crippen LogP contribution in [0, 0.1) is 0 Å². The smallest absolute Gasteiger partial charge is 0.0408 e. The van der Waals surface area contributed by atoms with Gasteiger partial charge in [-0.15, -0.1) is 0 Å². The summed E-state index contributed by atoms with van der Waals surface area (Å²) >= 11 is 5.97. The zero-order valence-corrected chi connectivity index (χ0v) is 10.5. The number of halogens is 1. The molecule has 0 bridgehead atoms. The van der Waals surface area contributed by atoms with Crippen molar-refractivity contribution in [1.82, 2.24) is 10.2 Å². The first-order valence-corrected chi connectivity index (χ1v) is 6.28. The van der Waals surface area contributed by atoms with Crippen LogP contribution in [0.5, 0.6) is 0 Å². The number of rotatable bonds is 3. The van der Waals surface area contributed by atoms with Crippen LogP contribution in [0.1, 0.15) is 12.0 Å². The minimum absolute atomic E-state index is 0.623. The Morgan fingerprint density at radius 3 is 3.12 bits per heavy atom. The van der Waals surface area contributed by atoms with Crippen LogP contribution in [0.3, 0.4) is 0 Å². The SMILES string of the molecule is CN1CCNC(CCc2cccc(Cl)c2)C1. The monoisotopic (exact) mass is 238 g/mol. The van der Waals surface area contributed by atoms with Crippen molar-refractivity contribution in [2.45, 2.75) is 18.9 Å². The van der Waals surface area contributed by atoms with E-state index in [1.807, 2.05) is 12.1 Å². The third kappa shape index (κ3) is 3.48. The van der Waals surface area contributed by atoms with Crippen LogP contribution in [-0.4, -0.2) is 37.6 Å². The number of hydrogen-bond donors (Lipinski definition) is 1. The molecule has 2 nitrogen and oxygen atoms in total. The Balaban J connectivity index is 1.82. The molecule has 0 radical (unpaired) electrons. The first-order valence-electron chi connectivity index (χ1n) is 5.90. The van der Waals surface area contributed by atoms with E-state index >= 15 is 0 Å². The summed E-state index contributed by atoms with van der Waals surface area (Å²) in [5.74, 6) is 0.